The van der Waals surface area contributed by atoms with Crippen molar-refractivity contribution < 1.29 is 9.59 Å². The number of aromatic amines is 1. The zero-order valence-electron chi connectivity index (χ0n) is 12.7. The Bertz CT molecular complexity index is 564. The number of nitrogens with one attached hydrogen (secondary N) is 2. The van der Waals surface area contributed by atoms with Crippen LogP contribution in [0.1, 0.15) is 41.0 Å². The van der Waals surface area contributed by atoms with Crippen molar-refractivity contribution in [1.82, 2.24) is 15.2 Å². The van der Waals surface area contributed by atoms with Crippen LogP contribution in [0.4, 0.5) is 0 Å². The number of piperidine rings is 2. The summed E-state index contributed by atoms with van der Waals surface area (Å²) in [6, 6.07) is 2.25. The monoisotopic (exact) mass is 289 g/mol. The van der Waals surface area contributed by atoms with Crippen LogP contribution in [0.25, 0.3) is 0 Å². The van der Waals surface area contributed by atoms with Gasteiger partial charge in [-0.15, -0.1) is 0 Å². The molecule has 2 unspecified atom stereocenters. The fourth-order valence-electron chi connectivity index (χ4n) is 3.63. The molecule has 0 aromatic carbocycles. The summed E-state index contributed by atoms with van der Waals surface area (Å²) in [7, 11) is 0. The number of carbonyl (C=O) groups is 2. The molecule has 5 nitrogen and oxygen atoms in total. The quantitative estimate of drug-likeness (QED) is 0.827. The maximum absolute atomic E-state index is 12.4. The molecule has 2 aliphatic rings. The molecule has 3 rings (SSSR count). The fourth-order valence-corrected chi connectivity index (χ4v) is 3.63. The van der Waals surface area contributed by atoms with Crippen LogP contribution in [-0.2, 0) is 4.79 Å². The molecule has 2 fully saturated rings. The predicted molar refractivity (Wildman–Crippen MR) is 80.3 cm³/mol. The van der Waals surface area contributed by atoms with Crippen molar-refractivity contribution in [2.24, 2.45) is 5.92 Å². The van der Waals surface area contributed by atoms with Gasteiger partial charge < -0.3 is 10.3 Å². The van der Waals surface area contributed by atoms with Crippen molar-refractivity contribution in [3.63, 3.8) is 0 Å². The number of hydrogen-bond donors (Lipinski definition) is 2. The number of aromatic nitrogens is 1. The van der Waals surface area contributed by atoms with E-state index in [1.165, 1.54) is 0 Å². The van der Waals surface area contributed by atoms with Gasteiger partial charge in [0, 0.05) is 42.5 Å². The Balaban J connectivity index is 1.60. The molecule has 5 heteroatoms. The van der Waals surface area contributed by atoms with Crippen molar-refractivity contribution in [1.29, 1.82) is 0 Å². The van der Waals surface area contributed by atoms with E-state index in [9.17, 15) is 9.59 Å². The molecule has 2 aliphatic heterocycles. The molecule has 21 heavy (non-hydrogen) atoms. The summed E-state index contributed by atoms with van der Waals surface area (Å²) in [4.78, 5) is 29.3. The standard InChI is InChI=1S/C16H23N3O2/c1-10-7-13(11(2)17-10)15(20)9-19-6-5-14-12(8-19)3-4-16(21)18-14/h7,12,14,17H,3-6,8-9H2,1-2H3,(H,18,21). The Morgan fingerprint density at radius 3 is 2.90 bits per heavy atom. The molecule has 0 aliphatic carbocycles. The van der Waals surface area contributed by atoms with Gasteiger partial charge in [-0.1, -0.05) is 0 Å². The van der Waals surface area contributed by atoms with Crippen LogP contribution < -0.4 is 5.32 Å². The third kappa shape index (κ3) is 3.02. The second-order valence-electron chi connectivity index (χ2n) is 6.41. The minimum atomic E-state index is 0.180. The van der Waals surface area contributed by atoms with Crippen LogP contribution in [0.15, 0.2) is 6.07 Å². The predicted octanol–water partition coefficient (Wildman–Crippen LogP) is 1.41. The van der Waals surface area contributed by atoms with Crippen LogP contribution in [0.3, 0.4) is 0 Å². The maximum atomic E-state index is 12.4. The Hall–Kier alpha value is -1.62. The van der Waals surface area contributed by atoms with Gasteiger partial charge in [0.05, 0.1) is 6.54 Å². The number of fused-ring (bicyclic) bond motifs is 1. The number of carbonyl (C=O) groups excluding carboxylic acids is 2. The first-order chi connectivity index (χ1) is 10.0. The Kier molecular flexibility index (Phi) is 3.85. The Labute approximate surface area is 125 Å². The number of aryl methyl sites for hydroxylation is 2. The normalized spacial score (nSPS) is 26.3. The molecule has 1 amide bonds. The Morgan fingerprint density at radius 1 is 1.38 bits per heavy atom. The molecule has 2 N–H and O–H groups in total. The topological polar surface area (TPSA) is 65.2 Å². The van der Waals surface area contributed by atoms with E-state index in [2.05, 4.69) is 15.2 Å². The summed E-state index contributed by atoms with van der Waals surface area (Å²) in [5, 5.41) is 3.08. The number of H-pyrrole nitrogens is 1. The lowest BCUT2D eigenvalue weighted by atomic mass is 9.85. The number of Topliss-reactive ketones (excluding diaryl/α,β-unsaturated/α-hetero) is 1. The second-order valence-corrected chi connectivity index (χ2v) is 6.41. The van der Waals surface area contributed by atoms with Crippen LogP contribution in [0.2, 0.25) is 0 Å². The fraction of sp³-hybridized carbons (Fsp3) is 0.625. The zero-order valence-corrected chi connectivity index (χ0v) is 12.7. The smallest absolute Gasteiger partial charge is 0.220 e. The van der Waals surface area contributed by atoms with Gasteiger partial charge >= 0.3 is 0 Å². The molecule has 1 aromatic rings. The minimum Gasteiger partial charge on any atom is -0.362 e. The highest BCUT2D eigenvalue weighted by Crippen LogP contribution is 2.25. The van der Waals surface area contributed by atoms with E-state index in [4.69, 9.17) is 0 Å². The molecule has 1 aromatic heterocycles. The van der Waals surface area contributed by atoms with Gasteiger partial charge in [0.15, 0.2) is 5.78 Å². The third-order valence-electron chi connectivity index (χ3n) is 4.72. The second kappa shape index (κ2) is 5.64. The van der Waals surface area contributed by atoms with Crippen molar-refractivity contribution in [3.8, 4) is 0 Å². The first-order valence-electron chi connectivity index (χ1n) is 7.74. The minimum absolute atomic E-state index is 0.180. The van der Waals surface area contributed by atoms with Crippen LogP contribution >= 0.6 is 0 Å². The molecule has 3 heterocycles. The van der Waals surface area contributed by atoms with E-state index < -0.39 is 0 Å². The number of likely N-dealkylation sites (tertiary alicyclic amines) is 1. The van der Waals surface area contributed by atoms with Gasteiger partial charge in [0.25, 0.3) is 0 Å². The lowest BCUT2D eigenvalue weighted by molar-refractivity contribution is -0.125. The van der Waals surface area contributed by atoms with E-state index in [0.29, 0.717) is 24.9 Å². The number of rotatable bonds is 3. The first-order valence-corrected chi connectivity index (χ1v) is 7.74. The van der Waals surface area contributed by atoms with Gasteiger partial charge in [0.1, 0.15) is 0 Å². The summed E-state index contributed by atoms with van der Waals surface area (Å²) in [5.74, 6) is 0.868. The lowest BCUT2D eigenvalue weighted by Gasteiger charge is -2.41. The number of amides is 1. The van der Waals surface area contributed by atoms with Gasteiger partial charge in [-0.2, -0.15) is 0 Å². The molecule has 2 saturated heterocycles. The number of nitrogens with zero attached hydrogens (tertiary/aromatic N) is 1. The van der Waals surface area contributed by atoms with Crippen LogP contribution in [0.5, 0.6) is 0 Å². The van der Waals surface area contributed by atoms with Crippen molar-refractivity contribution in [3.05, 3.63) is 23.0 Å². The van der Waals surface area contributed by atoms with E-state index in [0.717, 1.165) is 42.9 Å². The van der Waals surface area contributed by atoms with Crippen molar-refractivity contribution in [2.75, 3.05) is 19.6 Å². The number of hydrogen-bond acceptors (Lipinski definition) is 3. The Morgan fingerprint density at radius 2 is 2.19 bits per heavy atom. The largest absolute Gasteiger partial charge is 0.362 e. The maximum Gasteiger partial charge on any atom is 0.220 e. The highest BCUT2D eigenvalue weighted by atomic mass is 16.1. The third-order valence-corrected chi connectivity index (χ3v) is 4.72. The molecular weight excluding hydrogens is 266 g/mol. The molecule has 114 valence electrons. The summed E-state index contributed by atoms with van der Waals surface area (Å²) >= 11 is 0. The van der Waals surface area contributed by atoms with E-state index in [1.54, 1.807) is 0 Å². The van der Waals surface area contributed by atoms with Crippen LogP contribution in [0, 0.1) is 19.8 Å². The highest BCUT2D eigenvalue weighted by Gasteiger charge is 2.34. The summed E-state index contributed by atoms with van der Waals surface area (Å²) in [6.07, 6.45) is 2.53. The van der Waals surface area contributed by atoms with E-state index >= 15 is 0 Å². The zero-order chi connectivity index (χ0) is 15.0. The van der Waals surface area contributed by atoms with Gasteiger partial charge in [-0.05, 0) is 38.7 Å². The molecule has 2 atom stereocenters. The first kappa shape index (κ1) is 14.3. The highest BCUT2D eigenvalue weighted by molar-refractivity contribution is 5.98. The summed E-state index contributed by atoms with van der Waals surface area (Å²) < 4.78 is 0. The van der Waals surface area contributed by atoms with Crippen LogP contribution in [-0.4, -0.2) is 47.3 Å². The summed E-state index contributed by atoms with van der Waals surface area (Å²) in [5.41, 5.74) is 2.80. The van der Waals surface area contributed by atoms with Crippen molar-refractivity contribution >= 4 is 11.7 Å². The average molecular weight is 289 g/mol. The number of ketones is 1. The molecule has 0 bridgehead atoms. The van der Waals surface area contributed by atoms with Crippen molar-refractivity contribution in [2.45, 2.75) is 39.2 Å². The molecule has 0 spiro atoms. The van der Waals surface area contributed by atoms with E-state index in [1.807, 2.05) is 19.9 Å². The molecule has 0 radical (unpaired) electrons. The van der Waals surface area contributed by atoms with Gasteiger partial charge in [-0.3, -0.25) is 14.5 Å². The SMILES string of the molecule is Cc1cc(C(=O)CN2CCC3NC(=O)CCC3C2)c(C)[nH]1. The lowest BCUT2D eigenvalue weighted by Crippen LogP contribution is -2.54. The van der Waals surface area contributed by atoms with Gasteiger partial charge in [0.2, 0.25) is 5.91 Å². The average Bonchev–Trinajstić information content (AvgIpc) is 2.78. The summed E-state index contributed by atoms with van der Waals surface area (Å²) in [6.45, 7) is 6.20. The molecule has 0 saturated carbocycles. The molecular formula is C16H23N3O2. The van der Waals surface area contributed by atoms with E-state index in [-0.39, 0.29) is 11.7 Å². The van der Waals surface area contributed by atoms with Gasteiger partial charge in [-0.25, -0.2) is 0 Å².